The molecule has 1 aliphatic heterocycles. The van der Waals surface area contributed by atoms with Gasteiger partial charge < -0.3 is 5.32 Å². The Kier molecular flexibility index (Phi) is 4.30. The lowest BCUT2D eigenvalue weighted by Gasteiger charge is -2.28. The van der Waals surface area contributed by atoms with Crippen molar-refractivity contribution in [1.29, 1.82) is 0 Å². The van der Waals surface area contributed by atoms with Gasteiger partial charge in [0.15, 0.2) is 23.3 Å². The third-order valence-corrected chi connectivity index (χ3v) is 4.73. The van der Waals surface area contributed by atoms with E-state index in [9.17, 15) is 22.4 Å². The maximum absolute atomic E-state index is 14.2. The predicted molar refractivity (Wildman–Crippen MR) is 97.1 cm³/mol. The largest absolute Gasteiger partial charge is 0.356 e. The summed E-state index contributed by atoms with van der Waals surface area (Å²) in [6.07, 6.45) is -1.05. The van der Waals surface area contributed by atoms with Gasteiger partial charge in [0.05, 0.1) is 0 Å². The van der Waals surface area contributed by atoms with E-state index in [0.717, 1.165) is 5.56 Å². The van der Waals surface area contributed by atoms with Gasteiger partial charge in [0, 0.05) is 22.9 Å². The summed E-state index contributed by atoms with van der Waals surface area (Å²) in [7, 11) is 0. The fourth-order valence-electron chi connectivity index (χ4n) is 3.38. The number of aryl methyl sites for hydroxylation is 1. The maximum atomic E-state index is 14.2. The molecule has 142 valence electrons. The number of para-hydroxylation sites is 1. The van der Waals surface area contributed by atoms with Gasteiger partial charge in [-0.25, -0.2) is 17.6 Å². The van der Waals surface area contributed by atoms with E-state index in [1.165, 1.54) is 4.90 Å². The Morgan fingerprint density at radius 1 is 0.893 bits per heavy atom. The summed E-state index contributed by atoms with van der Waals surface area (Å²) >= 11 is 0. The van der Waals surface area contributed by atoms with Gasteiger partial charge >= 0.3 is 0 Å². The Hall–Kier alpha value is -3.35. The molecule has 0 aliphatic carbocycles. The zero-order chi connectivity index (χ0) is 20.0. The minimum Gasteiger partial charge on any atom is -0.356 e. The van der Waals surface area contributed by atoms with Crippen LogP contribution in [0.1, 0.15) is 27.7 Å². The van der Waals surface area contributed by atoms with Crippen LogP contribution < -0.4 is 10.2 Å². The van der Waals surface area contributed by atoms with Crippen LogP contribution in [-0.4, -0.2) is 5.91 Å². The minimum absolute atomic E-state index is 0.142. The van der Waals surface area contributed by atoms with E-state index < -0.39 is 35.1 Å². The minimum atomic E-state index is -1.56. The van der Waals surface area contributed by atoms with Crippen molar-refractivity contribution in [3.8, 4) is 0 Å². The van der Waals surface area contributed by atoms with E-state index >= 15 is 0 Å². The zero-order valence-electron chi connectivity index (χ0n) is 14.6. The average Bonchev–Trinajstić information content (AvgIpc) is 2.96. The van der Waals surface area contributed by atoms with Gasteiger partial charge in [-0.2, -0.15) is 0 Å². The summed E-state index contributed by atoms with van der Waals surface area (Å²) in [4.78, 5) is 14.3. The highest BCUT2D eigenvalue weighted by Crippen LogP contribution is 2.40. The van der Waals surface area contributed by atoms with Crippen molar-refractivity contribution in [2.45, 2.75) is 13.1 Å². The summed E-state index contributed by atoms with van der Waals surface area (Å²) in [6, 6.07) is 13.7. The van der Waals surface area contributed by atoms with Crippen molar-refractivity contribution >= 4 is 17.3 Å². The van der Waals surface area contributed by atoms with Gasteiger partial charge in [0.25, 0.3) is 5.91 Å². The van der Waals surface area contributed by atoms with Crippen LogP contribution in [-0.2, 0) is 0 Å². The highest BCUT2D eigenvalue weighted by molar-refractivity contribution is 6.11. The van der Waals surface area contributed by atoms with Crippen LogP contribution >= 0.6 is 0 Å². The molecule has 1 N–H and O–H groups in total. The van der Waals surface area contributed by atoms with Crippen molar-refractivity contribution in [2.24, 2.45) is 0 Å². The van der Waals surface area contributed by atoms with E-state index in [2.05, 4.69) is 5.32 Å². The van der Waals surface area contributed by atoms with E-state index in [1.54, 1.807) is 55.5 Å². The molecule has 0 saturated carbocycles. The molecule has 28 heavy (non-hydrogen) atoms. The summed E-state index contributed by atoms with van der Waals surface area (Å²) in [5.41, 5.74) is 1.08. The number of nitrogens with zero attached hydrogens (tertiary/aromatic N) is 1. The molecule has 4 rings (SSSR count). The number of hydrogen-bond acceptors (Lipinski definition) is 2. The summed E-state index contributed by atoms with van der Waals surface area (Å²) in [5.74, 6) is -6.55. The lowest BCUT2D eigenvalue weighted by Crippen LogP contribution is -2.33. The number of benzene rings is 3. The lowest BCUT2D eigenvalue weighted by atomic mass is 10.1. The molecule has 3 aromatic rings. The Labute approximate surface area is 158 Å². The van der Waals surface area contributed by atoms with Crippen LogP contribution in [0.15, 0.2) is 54.6 Å². The number of halogens is 4. The maximum Gasteiger partial charge on any atom is 0.260 e. The van der Waals surface area contributed by atoms with Crippen LogP contribution in [0.5, 0.6) is 0 Å². The van der Waals surface area contributed by atoms with E-state index in [-0.39, 0.29) is 12.0 Å². The van der Waals surface area contributed by atoms with Crippen molar-refractivity contribution < 1.29 is 22.4 Å². The first-order valence-corrected chi connectivity index (χ1v) is 8.47. The predicted octanol–water partition coefficient (Wildman–Crippen LogP) is 5.32. The number of rotatable bonds is 3. The van der Waals surface area contributed by atoms with Gasteiger partial charge in [0.1, 0.15) is 11.9 Å². The normalized spacial score (nSPS) is 15.7. The molecule has 3 aromatic carbocycles. The van der Waals surface area contributed by atoms with E-state index in [1.807, 2.05) is 0 Å². The first-order chi connectivity index (χ1) is 13.4. The molecular formula is C21H14F4N2O. The molecule has 1 amide bonds. The smallest absolute Gasteiger partial charge is 0.260 e. The lowest BCUT2D eigenvalue weighted by molar-refractivity contribution is 0.0992. The molecule has 0 radical (unpaired) electrons. The average molecular weight is 386 g/mol. The Bertz CT molecular complexity index is 1070. The zero-order valence-corrected chi connectivity index (χ0v) is 14.6. The van der Waals surface area contributed by atoms with Gasteiger partial charge in [-0.1, -0.05) is 36.4 Å². The number of fused-ring (bicyclic) bond motifs is 1. The molecule has 1 atom stereocenters. The molecule has 3 nitrogen and oxygen atoms in total. The molecule has 0 unspecified atom stereocenters. The van der Waals surface area contributed by atoms with Crippen LogP contribution in [0, 0.1) is 30.2 Å². The molecule has 0 spiro atoms. The molecular weight excluding hydrogens is 372 g/mol. The first kappa shape index (κ1) is 18.0. The van der Waals surface area contributed by atoms with Crippen molar-refractivity contribution in [1.82, 2.24) is 0 Å². The Balaban J connectivity index is 1.88. The van der Waals surface area contributed by atoms with Gasteiger partial charge in [0.2, 0.25) is 0 Å². The van der Waals surface area contributed by atoms with Crippen molar-refractivity contribution in [2.75, 3.05) is 10.2 Å². The molecule has 0 aromatic heterocycles. The van der Waals surface area contributed by atoms with E-state index in [4.69, 9.17) is 0 Å². The quantitative estimate of drug-likeness (QED) is 0.488. The molecule has 1 heterocycles. The van der Waals surface area contributed by atoms with Crippen LogP contribution in [0.4, 0.5) is 28.9 Å². The third kappa shape index (κ3) is 2.70. The molecule has 7 heteroatoms. The third-order valence-electron chi connectivity index (χ3n) is 4.73. The summed E-state index contributed by atoms with van der Waals surface area (Å²) in [5, 5.41) is 2.50. The molecule has 0 fully saturated rings. The second-order valence-electron chi connectivity index (χ2n) is 6.44. The van der Waals surface area contributed by atoms with Crippen LogP contribution in [0.25, 0.3) is 0 Å². The van der Waals surface area contributed by atoms with E-state index in [0.29, 0.717) is 16.8 Å². The SMILES string of the molecule is Cc1ccccc1N1C(=O)c2ccccc2[C@@H]1Nc1c(F)c(F)cc(F)c1F. The van der Waals surface area contributed by atoms with Crippen LogP contribution in [0.3, 0.4) is 0 Å². The second-order valence-corrected chi connectivity index (χ2v) is 6.44. The topological polar surface area (TPSA) is 32.3 Å². The van der Waals surface area contributed by atoms with Gasteiger partial charge in [-0.15, -0.1) is 0 Å². The number of nitrogens with one attached hydrogen (secondary N) is 1. The van der Waals surface area contributed by atoms with Crippen molar-refractivity contribution in [3.63, 3.8) is 0 Å². The molecule has 0 bridgehead atoms. The van der Waals surface area contributed by atoms with Crippen LogP contribution in [0.2, 0.25) is 0 Å². The highest BCUT2D eigenvalue weighted by atomic mass is 19.2. The van der Waals surface area contributed by atoms with Gasteiger partial charge in [-0.3, -0.25) is 9.69 Å². The standard InChI is InChI=1S/C21H14F4N2O/c1-11-6-2-5-9-16(11)27-20(12-7-3-4-8-13(12)21(27)28)26-19-17(24)14(22)10-15(23)18(19)25/h2-10,20,26H,1H3/t20-/m1/s1. The fourth-order valence-corrected chi connectivity index (χ4v) is 3.38. The van der Waals surface area contributed by atoms with Crippen molar-refractivity contribution in [3.05, 3.63) is 94.6 Å². The monoisotopic (exact) mass is 386 g/mol. The number of hydrogen-bond donors (Lipinski definition) is 1. The number of amides is 1. The Morgan fingerprint density at radius 3 is 2.18 bits per heavy atom. The first-order valence-electron chi connectivity index (χ1n) is 8.47. The summed E-state index contributed by atoms with van der Waals surface area (Å²) < 4.78 is 55.8. The Morgan fingerprint density at radius 2 is 1.50 bits per heavy atom. The molecule has 0 saturated heterocycles. The number of carbonyl (C=O) groups excluding carboxylic acids is 1. The second kappa shape index (κ2) is 6.67. The fraction of sp³-hybridized carbons (Fsp3) is 0.0952. The highest BCUT2D eigenvalue weighted by Gasteiger charge is 2.39. The summed E-state index contributed by atoms with van der Waals surface area (Å²) in [6.45, 7) is 1.78. The number of carbonyl (C=O) groups is 1. The number of anilines is 2. The molecule has 1 aliphatic rings. The van der Waals surface area contributed by atoms with Gasteiger partial charge in [-0.05, 0) is 24.6 Å².